The Kier molecular flexibility index (Phi) is 6.42. The number of aryl methyl sites for hydroxylation is 1. The van der Waals surface area contributed by atoms with Crippen molar-refractivity contribution < 1.29 is 13.0 Å². The zero-order valence-corrected chi connectivity index (χ0v) is 20.0. The van der Waals surface area contributed by atoms with Crippen LogP contribution in [0.1, 0.15) is 38.3 Å². The number of hydrogen-bond donors (Lipinski definition) is 0. The van der Waals surface area contributed by atoms with Crippen molar-refractivity contribution >= 4 is 32.2 Å². The summed E-state index contributed by atoms with van der Waals surface area (Å²) in [6.45, 7) is 8.74. The van der Waals surface area contributed by atoms with Crippen LogP contribution >= 0.6 is 0 Å². The molecule has 0 fully saturated rings. The predicted octanol–water partition coefficient (Wildman–Crippen LogP) is 6.10. The number of rotatable bonds is 3. The van der Waals surface area contributed by atoms with Crippen LogP contribution in [0.4, 0.5) is 5.69 Å². The van der Waals surface area contributed by atoms with Crippen molar-refractivity contribution in [3.63, 3.8) is 0 Å². The molecule has 5 heteroatoms. The van der Waals surface area contributed by atoms with Crippen LogP contribution in [0.15, 0.2) is 71.3 Å². The minimum atomic E-state index is -4.27. The number of nitrogens with zero attached hydrogens (tertiary/aromatic N) is 1. The quantitative estimate of drug-likeness (QED) is 0.368. The lowest BCUT2D eigenvalue weighted by Crippen LogP contribution is -2.36. The first kappa shape index (κ1) is 23.2. The first-order valence-corrected chi connectivity index (χ1v) is 11.9. The second-order valence-electron chi connectivity index (χ2n) is 9.06. The van der Waals surface area contributed by atoms with Gasteiger partial charge in [0, 0.05) is 18.6 Å². The molecule has 4 rings (SSSR count). The van der Waals surface area contributed by atoms with Crippen LogP contribution in [0.2, 0.25) is 0 Å². The largest absolute Gasteiger partial charge is 0.744 e. The standard InChI is InChI=1S/C19H24N.C7H8O3S/c1-13(2)12-17-14(3)20(4,5)18-11-10-15-8-6-7-9-16(15)19(17)18;1-6-2-4-7(5-3-6)11(8,9)10/h6-11,13H,12H2,1-5H3;2-5H,1H3,(H,8,9,10)/q+1;/p-1. The lowest BCUT2D eigenvalue weighted by molar-refractivity contribution is 0.463. The van der Waals surface area contributed by atoms with E-state index in [1.807, 2.05) is 6.92 Å². The van der Waals surface area contributed by atoms with Gasteiger partial charge in [-0.15, -0.1) is 0 Å². The first-order chi connectivity index (χ1) is 14.4. The molecule has 0 aliphatic carbocycles. The number of quaternary nitrogens is 1. The normalized spacial score (nSPS) is 15.1. The average Bonchev–Trinajstić information content (AvgIpc) is 2.88. The van der Waals surface area contributed by atoms with Gasteiger partial charge in [0.2, 0.25) is 0 Å². The summed E-state index contributed by atoms with van der Waals surface area (Å²) < 4.78 is 32.1. The third-order valence-electron chi connectivity index (χ3n) is 6.01. The summed E-state index contributed by atoms with van der Waals surface area (Å²) in [4.78, 5) is -0.178. The highest BCUT2D eigenvalue weighted by Gasteiger charge is 2.37. The molecule has 4 nitrogen and oxygen atoms in total. The van der Waals surface area contributed by atoms with E-state index in [2.05, 4.69) is 71.3 Å². The van der Waals surface area contributed by atoms with E-state index in [-0.39, 0.29) is 4.90 Å². The van der Waals surface area contributed by atoms with Gasteiger partial charge in [-0.05, 0) is 48.2 Å². The van der Waals surface area contributed by atoms with Crippen molar-refractivity contribution in [3.05, 3.63) is 77.5 Å². The Labute approximate surface area is 186 Å². The summed E-state index contributed by atoms with van der Waals surface area (Å²) >= 11 is 0. The lowest BCUT2D eigenvalue weighted by Gasteiger charge is -2.26. The van der Waals surface area contributed by atoms with E-state index in [1.165, 1.54) is 39.9 Å². The predicted molar refractivity (Wildman–Crippen MR) is 129 cm³/mol. The van der Waals surface area contributed by atoms with Gasteiger partial charge >= 0.3 is 0 Å². The highest BCUT2D eigenvalue weighted by atomic mass is 32.2. The van der Waals surface area contributed by atoms with Crippen LogP contribution in [-0.2, 0) is 10.1 Å². The molecule has 0 saturated carbocycles. The number of allylic oxidation sites excluding steroid dienone is 2. The van der Waals surface area contributed by atoms with Gasteiger partial charge in [0.05, 0.1) is 24.6 Å². The fraction of sp³-hybridized carbons (Fsp3) is 0.308. The van der Waals surface area contributed by atoms with Crippen LogP contribution < -0.4 is 4.48 Å². The zero-order valence-electron chi connectivity index (χ0n) is 19.1. The lowest BCUT2D eigenvalue weighted by atomic mass is 9.92. The maximum Gasteiger partial charge on any atom is 0.145 e. The fourth-order valence-electron chi connectivity index (χ4n) is 4.10. The molecular weight excluding hydrogens is 406 g/mol. The molecule has 31 heavy (non-hydrogen) atoms. The molecule has 164 valence electrons. The summed E-state index contributed by atoms with van der Waals surface area (Å²) in [5.74, 6) is 0.685. The van der Waals surface area contributed by atoms with E-state index < -0.39 is 10.1 Å². The van der Waals surface area contributed by atoms with Crippen LogP contribution in [0, 0.1) is 12.8 Å². The van der Waals surface area contributed by atoms with Crippen LogP contribution in [-0.4, -0.2) is 27.1 Å². The van der Waals surface area contributed by atoms with Crippen LogP contribution in [0.25, 0.3) is 16.3 Å². The van der Waals surface area contributed by atoms with Gasteiger partial charge in [0.15, 0.2) is 0 Å². The highest BCUT2D eigenvalue weighted by Crippen LogP contribution is 2.48. The van der Waals surface area contributed by atoms with E-state index in [0.29, 0.717) is 5.92 Å². The van der Waals surface area contributed by atoms with Crippen molar-refractivity contribution in [3.8, 4) is 0 Å². The van der Waals surface area contributed by atoms with Gasteiger partial charge in [-0.2, -0.15) is 0 Å². The Balaban J connectivity index is 0.000000210. The molecule has 1 aliphatic rings. The van der Waals surface area contributed by atoms with Crippen LogP contribution in [0.5, 0.6) is 0 Å². The highest BCUT2D eigenvalue weighted by molar-refractivity contribution is 7.85. The summed E-state index contributed by atoms with van der Waals surface area (Å²) in [5.41, 5.74) is 6.90. The molecule has 0 saturated heterocycles. The maximum absolute atomic E-state index is 10.4. The van der Waals surface area contributed by atoms with Gasteiger partial charge in [-0.3, -0.25) is 4.48 Å². The summed E-state index contributed by atoms with van der Waals surface area (Å²) in [6, 6.07) is 19.1. The molecule has 0 bridgehead atoms. The number of fused-ring (bicyclic) bond motifs is 3. The Morgan fingerprint density at radius 1 is 0.903 bits per heavy atom. The van der Waals surface area contributed by atoms with Crippen molar-refractivity contribution in [1.82, 2.24) is 4.48 Å². The van der Waals surface area contributed by atoms with Crippen molar-refractivity contribution in [2.45, 2.75) is 39.0 Å². The molecule has 0 N–H and O–H groups in total. The second-order valence-corrected chi connectivity index (χ2v) is 10.4. The van der Waals surface area contributed by atoms with Gasteiger partial charge in [0.25, 0.3) is 0 Å². The smallest absolute Gasteiger partial charge is 0.145 e. The third-order valence-corrected chi connectivity index (χ3v) is 6.86. The van der Waals surface area contributed by atoms with E-state index in [0.717, 1.165) is 16.5 Å². The minimum Gasteiger partial charge on any atom is -0.744 e. The van der Waals surface area contributed by atoms with Gasteiger partial charge < -0.3 is 4.55 Å². The van der Waals surface area contributed by atoms with Gasteiger partial charge in [-0.25, -0.2) is 8.42 Å². The first-order valence-electron chi connectivity index (χ1n) is 10.5. The molecule has 1 heterocycles. The van der Waals surface area contributed by atoms with Crippen molar-refractivity contribution in [1.29, 1.82) is 0 Å². The molecular formula is C26H31NO3S. The second kappa shape index (κ2) is 8.58. The Hall–Kier alpha value is -2.47. The third kappa shape index (κ3) is 4.74. The van der Waals surface area contributed by atoms with E-state index >= 15 is 0 Å². The summed E-state index contributed by atoms with van der Waals surface area (Å²) in [7, 11) is 0.334. The van der Waals surface area contributed by atoms with E-state index in [9.17, 15) is 13.0 Å². The molecule has 0 atom stereocenters. The SMILES string of the molecule is CC1=C(CC(C)C)c2c(ccc3ccccc23)[N+]1(C)C.Cc1ccc(S(=O)(=O)[O-])cc1. The molecule has 0 amide bonds. The molecule has 1 aliphatic heterocycles. The molecule has 0 unspecified atom stereocenters. The Morgan fingerprint density at radius 2 is 1.52 bits per heavy atom. The monoisotopic (exact) mass is 437 g/mol. The Morgan fingerprint density at radius 3 is 2.10 bits per heavy atom. The summed E-state index contributed by atoms with van der Waals surface area (Å²) in [6.07, 6.45) is 1.16. The van der Waals surface area contributed by atoms with Crippen molar-refractivity contribution in [2.24, 2.45) is 5.92 Å². The zero-order chi connectivity index (χ0) is 23.0. The molecule has 3 aromatic rings. The van der Waals surface area contributed by atoms with Gasteiger partial charge in [-0.1, -0.05) is 55.8 Å². The minimum absolute atomic E-state index is 0.178. The molecule has 0 radical (unpaired) electrons. The topological polar surface area (TPSA) is 57.2 Å². The van der Waals surface area contributed by atoms with Crippen molar-refractivity contribution in [2.75, 3.05) is 14.1 Å². The average molecular weight is 438 g/mol. The summed E-state index contributed by atoms with van der Waals surface area (Å²) in [5, 5.41) is 2.76. The van der Waals surface area contributed by atoms with E-state index in [4.69, 9.17) is 0 Å². The maximum atomic E-state index is 10.4. The number of benzene rings is 3. The molecule has 3 aromatic carbocycles. The van der Waals surface area contributed by atoms with Gasteiger partial charge in [0.1, 0.15) is 21.5 Å². The Bertz CT molecular complexity index is 1240. The number of hydrogen-bond acceptors (Lipinski definition) is 3. The van der Waals surface area contributed by atoms with Crippen LogP contribution in [0.3, 0.4) is 0 Å². The fourth-order valence-corrected chi connectivity index (χ4v) is 4.57. The molecule has 0 aromatic heterocycles. The van der Waals surface area contributed by atoms with E-state index in [1.54, 1.807) is 17.7 Å². The molecule has 0 spiro atoms.